The molecule has 9 N–H and O–H groups in total. The number of fused-ring (bicyclic) bond motifs is 5. The van der Waals surface area contributed by atoms with Crippen molar-refractivity contribution in [1.82, 2.24) is 25.8 Å². The van der Waals surface area contributed by atoms with E-state index in [9.17, 15) is 43.5 Å². The van der Waals surface area contributed by atoms with E-state index >= 15 is 0 Å². The van der Waals surface area contributed by atoms with Gasteiger partial charge < -0.3 is 75.6 Å². The lowest BCUT2D eigenvalue weighted by molar-refractivity contribution is -0.162. The first kappa shape index (κ1) is 63.8. The van der Waals surface area contributed by atoms with Crippen molar-refractivity contribution in [2.45, 2.75) is 141 Å². The fourth-order valence-corrected chi connectivity index (χ4v) is 9.59. The van der Waals surface area contributed by atoms with Crippen LogP contribution in [-0.4, -0.2) is 165 Å². The third-order valence-corrected chi connectivity index (χ3v) is 15.1. The number of likely N-dealkylation sites (N-methyl/N-ethyl adjacent to an activating group) is 1. The SMILES string of the molecule is COc1cc2cc(c1Cl)N(C)C(=O)CC(OC(=O)C(C)N(C)C(=O)CCN(C)C(=O)OCc1ccc(NC(=O)C(CCCNC(N)=O)NC(=O)C(N)C(C)C)cc1)C1(C)OC1C(C)C1CC(O)(NC(=O)O1)C(OC)C=CC=C(C)C2. The number of alkyl carbamates (subject to hydrolysis) is 1. The summed E-state index contributed by atoms with van der Waals surface area (Å²) in [7, 11) is 7.24. The van der Waals surface area contributed by atoms with Gasteiger partial charge in [-0.15, -0.1) is 0 Å². The molecule has 0 saturated carbocycles. The highest BCUT2D eigenvalue weighted by molar-refractivity contribution is 6.35. The second-order valence-corrected chi connectivity index (χ2v) is 21.5. The average molecular weight is 1140 g/mol. The fourth-order valence-electron chi connectivity index (χ4n) is 9.28. The predicted octanol–water partition coefficient (Wildman–Crippen LogP) is 4.03. The molecule has 0 aliphatic carbocycles. The van der Waals surface area contributed by atoms with Crippen LogP contribution in [0.25, 0.3) is 0 Å². The molecule has 0 spiro atoms. The zero-order valence-electron chi connectivity index (χ0n) is 47.3. The molecule has 3 aliphatic heterocycles. The van der Waals surface area contributed by atoms with Gasteiger partial charge in [-0.1, -0.05) is 68.3 Å². The number of carbonyl (C=O) groups excluding carboxylic acids is 8. The average Bonchev–Trinajstić information content (AvgIpc) is 4.25. The predicted molar refractivity (Wildman–Crippen MR) is 295 cm³/mol. The first-order valence-corrected chi connectivity index (χ1v) is 26.7. The summed E-state index contributed by atoms with van der Waals surface area (Å²) >= 11 is 6.82. The van der Waals surface area contributed by atoms with Gasteiger partial charge in [0.05, 0.1) is 31.4 Å². The van der Waals surface area contributed by atoms with Crippen LogP contribution in [-0.2, 0) is 60.7 Å². The van der Waals surface area contributed by atoms with Crippen LogP contribution in [0.5, 0.6) is 5.75 Å². The molecule has 80 heavy (non-hydrogen) atoms. The molecule has 2 fully saturated rings. The molecule has 440 valence electrons. The van der Waals surface area contributed by atoms with Gasteiger partial charge in [-0.3, -0.25) is 24.5 Å². The molecule has 0 radical (unpaired) electrons. The maximum absolute atomic E-state index is 14.4. The molecule has 10 atom stereocenters. The van der Waals surface area contributed by atoms with Crippen molar-refractivity contribution >= 4 is 70.8 Å². The van der Waals surface area contributed by atoms with E-state index in [0.29, 0.717) is 35.5 Å². The number of nitrogens with one attached hydrogen (secondary N) is 4. The maximum atomic E-state index is 14.4. The van der Waals surface area contributed by atoms with Gasteiger partial charge in [-0.2, -0.15) is 0 Å². The minimum absolute atomic E-state index is 0.0930. The number of carbonyl (C=O) groups is 8. The molecule has 2 aromatic rings. The summed E-state index contributed by atoms with van der Waals surface area (Å²) in [4.78, 5) is 109. The summed E-state index contributed by atoms with van der Waals surface area (Å²) in [6.45, 7) is 10.3. The first-order chi connectivity index (χ1) is 37.6. The van der Waals surface area contributed by atoms with E-state index in [-0.39, 0.29) is 49.9 Å². The third-order valence-electron chi connectivity index (χ3n) is 14.7. The zero-order valence-corrected chi connectivity index (χ0v) is 48.0. The largest absolute Gasteiger partial charge is 0.495 e. The number of ether oxygens (including phenoxy) is 6. The van der Waals surface area contributed by atoms with Crippen LogP contribution in [0.2, 0.25) is 5.02 Å². The lowest BCUT2D eigenvalue weighted by Gasteiger charge is -2.42. The van der Waals surface area contributed by atoms with E-state index in [0.717, 1.165) is 16.0 Å². The molecule has 3 heterocycles. The van der Waals surface area contributed by atoms with E-state index in [1.165, 1.54) is 52.1 Å². The Balaban J connectivity index is 1.23. The summed E-state index contributed by atoms with van der Waals surface area (Å²) in [6, 6.07) is 6.23. The van der Waals surface area contributed by atoms with Gasteiger partial charge in [-0.05, 0) is 81.3 Å². The van der Waals surface area contributed by atoms with Gasteiger partial charge in [0.25, 0.3) is 0 Å². The molecule has 3 aliphatic rings. The van der Waals surface area contributed by atoms with Gasteiger partial charge in [-0.25, -0.2) is 19.2 Å². The molecule has 2 saturated heterocycles. The standard InChI is InChI=1S/C55H78ClN9O15/c1-30(2)46(57)49(69)61-37(15-13-22-59-51(58)71)48(68)60-36-19-17-34(18-20-36)29-77-53(73)63(7)23-21-43(66)64(8)33(5)50(70)79-42-27-44(67)65(9)38-25-35(26-39(75-10)45(38)56)24-31(3)14-12-16-41(76-11)55(74)28-40(78-52(72)62-55)32(4)47-54(42,6)80-47/h12,14,16-20,25-26,30,32-33,37,40-42,46-47,74H,13,15,21-24,27-29,57H2,1-11H3,(H,60,68)(H,61,69)(H,62,72)(H3,58,59,71). The molecule has 5 rings (SSSR count). The Morgan fingerprint density at radius 2 is 1.74 bits per heavy atom. The number of esters is 1. The van der Waals surface area contributed by atoms with E-state index in [1.807, 2.05) is 13.0 Å². The van der Waals surface area contributed by atoms with Crippen molar-refractivity contribution in [2.75, 3.05) is 58.7 Å². The Labute approximate surface area is 471 Å². The lowest BCUT2D eigenvalue weighted by Crippen LogP contribution is -2.63. The number of hydrogen-bond acceptors (Lipinski definition) is 16. The highest BCUT2D eigenvalue weighted by Crippen LogP contribution is 2.49. The second kappa shape index (κ2) is 27.9. The van der Waals surface area contributed by atoms with Crippen molar-refractivity contribution in [3.63, 3.8) is 0 Å². The monoisotopic (exact) mass is 1140 g/mol. The molecule has 10 unspecified atom stereocenters. The zero-order chi connectivity index (χ0) is 59.4. The topological polar surface area (TPSA) is 325 Å². The molecule has 8 amide bonds. The molecule has 0 aromatic heterocycles. The number of hydrogen-bond donors (Lipinski definition) is 7. The molecule has 24 nitrogen and oxygen atoms in total. The highest BCUT2D eigenvalue weighted by atomic mass is 35.5. The van der Waals surface area contributed by atoms with Gasteiger partial charge in [0, 0.05) is 65.8 Å². The van der Waals surface area contributed by atoms with E-state index in [4.69, 9.17) is 51.5 Å². The van der Waals surface area contributed by atoms with Crippen LogP contribution in [0, 0.1) is 11.8 Å². The summed E-state index contributed by atoms with van der Waals surface area (Å²) in [6.07, 6.45) is -0.239. The van der Waals surface area contributed by atoms with Crippen molar-refractivity contribution < 1.29 is 71.9 Å². The number of anilines is 2. The number of nitrogens with zero attached hydrogens (tertiary/aromatic N) is 3. The smallest absolute Gasteiger partial charge is 0.409 e. The number of halogens is 1. The molecule has 2 aromatic carbocycles. The number of benzene rings is 2. The van der Waals surface area contributed by atoms with Gasteiger partial charge in [0.2, 0.25) is 23.6 Å². The van der Waals surface area contributed by atoms with Crippen LogP contribution < -0.4 is 42.4 Å². The van der Waals surface area contributed by atoms with Crippen molar-refractivity contribution in [2.24, 2.45) is 23.3 Å². The quantitative estimate of drug-likeness (QED) is 0.0452. The lowest BCUT2D eigenvalue weighted by atomic mass is 9.83. The molecular formula is C55H78ClN9O15. The Kier molecular flexibility index (Phi) is 22.3. The van der Waals surface area contributed by atoms with E-state index in [2.05, 4.69) is 21.3 Å². The van der Waals surface area contributed by atoms with Crippen molar-refractivity contribution in [3.8, 4) is 5.75 Å². The Bertz CT molecular complexity index is 2660. The van der Waals surface area contributed by atoms with Crippen LogP contribution in [0.4, 0.5) is 25.8 Å². The fraction of sp³-hybridized carbons (Fsp3) is 0.564. The summed E-state index contributed by atoms with van der Waals surface area (Å²) in [5.74, 6) is -3.39. The first-order valence-electron chi connectivity index (χ1n) is 26.3. The summed E-state index contributed by atoms with van der Waals surface area (Å²) in [5, 5.41) is 22.4. The number of epoxide rings is 1. The van der Waals surface area contributed by atoms with Crippen LogP contribution >= 0.6 is 11.6 Å². The number of nitrogens with two attached hydrogens (primary N) is 2. The van der Waals surface area contributed by atoms with E-state index in [1.54, 1.807) is 76.2 Å². The molecule has 25 heteroatoms. The van der Waals surface area contributed by atoms with Gasteiger partial charge in [0.1, 0.15) is 53.4 Å². The normalized spacial score (nSPS) is 24.1. The number of methoxy groups -OCH3 is 2. The number of amides is 8. The molecule has 4 bridgehead atoms. The minimum atomic E-state index is -1.90. The number of aliphatic hydroxyl groups is 1. The maximum Gasteiger partial charge on any atom is 0.409 e. The number of allylic oxidation sites excluding steroid dienone is 3. The Hall–Kier alpha value is -6.99. The number of urea groups is 1. The van der Waals surface area contributed by atoms with Crippen molar-refractivity contribution in [1.29, 1.82) is 0 Å². The highest BCUT2D eigenvalue weighted by Gasteiger charge is 2.64. The second-order valence-electron chi connectivity index (χ2n) is 21.1. The summed E-state index contributed by atoms with van der Waals surface area (Å²) < 4.78 is 34.9. The number of rotatable bonds is 19. The Morgan fingerprint density at radius 1 is 1.05 bits per heavy atom. The molecular weight excluding hydrogens is 1060 g/mol. The van der Waals surface area contributed by atoms with Crippen LogP contribution in [0.1, 0.15) is 84.8 Å². The van der Waals surface area contributed by atoms with Crippen LogP contribution in [0.15, 0.2) is 60.2 Å². The van der Waals surface area contributed by atoms with Crippen molar-refractivity contribution in [3.05, 3.63) is 76.3 Å². The van der Waals surface area contributed by atoms with E-state index < -0.39 is 114 Å². The summed E-state index contributed by atoms with van der Waals surface area (Å²) in [5.41, 5.74) is 10.8. The minimum Gasteiger partial charge on any atom is -0.495 e. The van der Waals surface area contributed by atoms with Crippen LogP contribution in [0.3, 0.4) is 0 Å². The Morgan fingerprint density at radius 3 is 2.38 bits per heavy atom. The number of primary amides is 1. The van der Waals surface area contributed by atoms with Gasteiger partial charge in [0.15, 0.2) is 5.72 Å². The van der Waals surface area contributed by atoms with Gasteiger partial charge >= 0.3 is 24.2 Å². The third kappa shape index (κ3) is 16.6.